The van der Waals surface area contributed by atoms with Crippen molar-refractivity contribution in [3.8, 4) is 0 Å². The number of benzene rings is 1. The summed E-state index contributed by atoms with van der Waals surface area (Å²) in [5.74, 6) is -0.631. The summed E-state index contributed by atoms with van der Waals surface area (Å²) in [6, 6.07) is 5.69. The van der Waals surface area contributed by atoms with Gasteiger partial charge in [-0.2, -0.15) is 0 Å². The summed E-state index contributed by atoms with van der Waals surface area (Å²) >= 11 is 0. The molecule has 0 atom stereocenters. The van der Waals surface area contributed by atoms with E-state index in [-0.39, 0.29) is 17.1 Å². The third-order valence-corrected chi connectivity index (χ3v) is 4.32. The van der Waals surface area contributed by atoms with E-state index in [0.29, 0.717) is 5.56 Å². The van der Waals surface area contributed by atoms with E-state index in [1.165, 1.54) is 6.92 Å². The van der Waals surface area contributed by atoms with Gasteiger partial charge in [0.1, 0.15) is 5.82 Å². The number of nitrogens with zero attached hydrogens (tertiary/aromatic N) is 1. The van der Waals surface area contributed by atoms with Crippen LogP contribution in [0.2, 0.25) is 0 Å². The second-order valence-electron chi connectivity index (χ2n) is 4.33. The number of halogens is 1. The van der Waals surface area contributed by atoms with Crippen LogP contribution in [0.4, 0.5) is 10.1 Å². The number of nitrogens with two attached hydrogens (primary N) is 1. The number of sulfonamides is 1. The minimum Gasteiger partial charge on any atom is -0.396 e. The number of nitrogens with one attached hydrogen (secondary N) is 1. The largest absolute Gasteiger partial charge is 0.396 e. The molecule has 0 aliphatic carbocycles. The van der Waals surface area contributed by atoms with E-state index in [0.717, 1.165) is 17.7 Å². The summed E-state index contributed by atoms with van der Waals surface area (Å²) in [6.45, 7) is 1.62. The Bertz CT molecular complexity index is 718. The molecule has 1 aromatic heterocycles. The van der Waals surface area contributed by atoms with Crippen LogP contribution in [0, 0.1) is 12.7 Å². The van der Waals surface area contributed by atoms with E-state index in [9.17, 15) is 12.8 Å². The monoisotopic (exact) mass is 295 g/mol. The lowest BCUT2D eigenvalue weighted by atomic mass is 10.2. The van der Waals surface area contributed by atoms with Gasteiger partial charge in [-0.1, -0.05) is 6.07 Å². The molecule has 1 heterocycles. The first-order valence-electron chi connectivity index (χ1n) is 5.84. The van der Waals surface area contributed by atoms with Crippen LogP contribution in [-0.4, -0.2) is 13.4 Å². The van der Waals surface area contributed by atoms with Crippen molar-refractivity contribution in [3.63, 3.8) is 0 Å². The lowest BCUT2D eigenvalue weighted by Gasteiger charge is -2.10. The van der Waals surface area contributed by atoms with Crippen LogP contribution in [0.3, 0.4) is 0 Å². The minimum atomic E-state index is -3.75. The summed E-state index contributed by atoms with van der Waals surface area (Å²) < 4.78 is 40.0. The zero-order valence-corrected chi connectivity index (χ0v) is 11.6. The number of pyridine rings is 1. The maximum absolute atomic E-state index is 13.3. The highest BCUT2D eigenvalue weighted by atomic mass is 32.2. The Morgan fingerprint density at radius 1 is 1.40 bits per heavy atom. The van der Waals surface area contributed by atoms with Crippen molar-refractivity contribution in [2.75, 3.05) is 5.73 Å². The van der Waals surface area contributed by atoms with Crippen molar-refractivity contribution >= 4 is 15.7 Å². The van der Waals surface area contributed by atoms with E-state index in [4.69, 9.17) is 5.73 Å². The van der Waals surface area contributed by atoms with Crippen molar-refractivity contribution in [3.05, 3.63) is 53.6 Å². The summed E-state index contributed by atoms with van der Waals surface area (Å²) in [6.07, 6.45) is 3.16. The number of anilines is 1. The zero-order valence-electron chi connectivity index (χ0n) is 10.8. The molecule has 106 valence electrons. The number of aromatic nitrogens is 1. The Labute approximate surface area is 116 Å². The standard InChI is InChI=1S/C13H14FN3O2S/c1-9-5-11(14)12(15)6-13(9)20(18,19)17-8-10-3-2-4-16-7-10/h2-7,17H,8,15H2,1H3. The molecule has 0 spiro atoms. The molecular formula is C13H14FN3O2S. The molecule has 0 fully saturated rings. The predicted octanol–water partition coefficient (Wildman–Crippen LogP) is 1.59. The van der Waals surface area contributed by atoms with E-state index >= 15 is 0 Å². The molecule has 0 aliphatic rings. The maximum Gasteiger partial charge on any atom is 0.241 e. The quantitative estimate of drug-likeness (QED) is 0.839. The Balaban J connectivity index is 2.25. The van der Waals surface area contributed by atoms with Gasteiger partial charge < -0.3 is 5.73 Å². The molecule has 0 saturated heterocycles. The van der Waals surface area contributed by atoms with Gasteiger partial charge in [-0.3, -0.25) is 4.98 Å². The second-order valence-corrected chi connectivity index (χ2v) is 6.06. The molecule has 3 N–H and O–H groups in total. The molecule has 2 rings (SSSR count). The molecule has 0 saturated carbocycles. The van der Waals surface area contributed by atoms with Gasteiger partial charge in [-0.05, 0) is 36.2 Å². The molecule has 1 aromatic carbocycles. The number of nitrogen functional groups attached to an aromatic ring is 1. The van der Waals surface area contributed by atoms with Crippen LogP contribution in [0.25, 0.3) is 0 Å². The number of aryl methyl sites for hydroxylation is 1. The molecule has 7 heteroatoms. The van der Waals surface area contributed by atoms with Crippen LogP contribution in [-0.2, 0) is 16.6 Å². The topological polar surface area (TPSA) is 85.1 Å². The minimum absolute atomic E-state index is 0.0275. The first kappa shape index (κ1) is 14.4. The molecule has 0 amide bonds. The Morgan fingerprint density at radius 3 is 2.80 bits per heavy atom. The molecular weight excluding hydrogens is 281 g/mol. The Hall–Kier alpha value is -1.99. The molecule has 2 aromatic rings. The fourth-order valence-electron chi connectivity index (χ4n) is 1.72. The average Bonchev–Trinajstić information content (AvgIpc) is 2.42. The first-order chi connectivity index (χ1) is 9.40. The van der Waals surface area contributed by atoms with Crippen molar-refractivity contribution < 1.29 is 12.8 Å². The van der Waals surface area contributed by atoms with Crippen molar-refractivity contribution in [2.45, 2.75) is 18.4 Å². The number of hydrogen-bond acceptors (Lipinski definition) is 4. The smallest absolute Gasteiger partial charge is 0.241 e. The molecule has 0 unspecified atom stereocenters. The number of rotatable bonds is 4. The summed E-state index contributed by atoms with van der Waals surface area (Å²) in [7, 11) is -3.75. The van der Waals surface area contributed by atoms with E-state index in [1.54, 1.807) is 24.5 Å². The molecule has 0 bridgehead atoms. The highest BCUT2D eigenvalue weighted by Gasteiger charge is 2.18. The second kappa shape index (κ2) is 5.56. The highest BCUT2D eigenvalue weighted by molar-refractivity contribution is 7.89. The maximum atomic E-state index is 13.3. The Kier molecular flexibility index (Phi) is 4.01. The SMILES string of the molecule is Cc1cc(F)c(N)cc1S(=O)(=O)NCc1cccnc1. The fraction of sp³-hybridized carbons (Fsp3) is 0.154. The van der Waals surface area contributed by atoms with E-state index < -0.39 is 15.8 Å². The molecule has 5 nitrogen and oxygen atoms in total. The first-order valence-corrected chi connectivity index (χ1v) is 7.32. The van der Waals surface area contributed by atoms with Crippen LogP contribution >= 0.6 is 0 Å². The van der Waals surface area contributed by atoms with Gasteiger partial charge in [0.05, 0.1) is 10.6 Å². The van der Waals surface area contributed by atoms with Gasteiger partial charge in [0.15, 0.2) is 0 Å². The lowest BCUT2D eigenvalue weighted by Crippen LogP contribution is -2.24. The van der Waals surface area contributed by atoms with Crippen LogP contribution < -0.4 is 10.5 Å². The van der Waals surface area contributed by atoms with Gasteiger partial charge in [0.2, 0.25) is 10.0 Å². The van der Waals surface area contributed by atoms with Crippen molar-refractivity contribution in [1.82, 2.24) is 9.71 Å². The van der Waals surface area contributed by atoms with E-state index in [1.807, 2.05) is 0 Å². The predicted molar refractivity (Wildman–Crippen MR) is 73.8 cm³/mol. The third kappa shape index (κ3) is 3.12. The van der Waals surface area contributed by atoms with E-state index in [2.05, 4.69) is 9.71 Å². The average molecular weight is 295 g/mol. The summed E-state index contributed by atoms with van der Waals surface area (Å²) in [5.41, 5.74) is 6.25. The van der Waals surface area contributed by atoms with Crippen molar-refractivity contribution in [2.24, 2.45) is 0 Å². The van der Waals surface area contributed by atoms with Gasteiger partial charge in [-0.15, -0.1) is 0 Å². The van der Waals surface area contributed by atoms with Gasteiger partial charge in [-0.25, -0.2) is 17.5 Å². The molecule has 0 radical (unpaired) electrons. The van der Waals surface area contributed by atoms with Crippen LogP contribution in [0.1, 0.15) is 11.1 Å². The zero-order chi connectivity index (χ0) is 14.8. The van der Waals surface area contributed by atoms with Crippen LogP contribution in [0.5, 0.6) is 0 Å². The van der Waals surface area contributed by atoms with Crippen molar-refractivity contribution in [1.29, 1.82) is 0 Å². The fourth-order valence-corrected chi connectivity index (χ4v) is 2.99. The number of hydrogen-bond donors (Lipinski definition) is 2. The van der Waals surface area contributed by atoms with Gasteiger partial charge >= 0.3 is 0 Å². The molecule has 20 heavy (non-hydrogen) atoms. The molecule has 0 aliphatic heterocycles. The Morgan fingerprint density at radius 2 is 2.15 bits per heavy atom. The highest BCUT2D eigenvalue weighted by Crippen LogP contribution is 2.21. The normalized spacial score (nSPS) is 11.5. The summed E-state index contributed by atoms with van der Waals surface area (Å²) in [5, 5.41) is 0. The van der Waals surface area contributed by atoms with Crippen LogP contribution in [0.15, 0.2) is 41.6 Å². The summed E-state index contributed by atoms with van der Waals surface area (Å²) in [4.78, 5) is 3.87. The van der Waals surface area contributed by atoms with Gasteiger partial charge in [0, 0.05) is 18.9 Å². The van der Waals surface area contributed by atoms with Gasteiger partial charge in [0.25, 0.3) is 0 Å². The third-order valence-electron chi connectivity index (χ3n) is 2.77. The lowest BCUT2D eigenvalue weighted by molar-refractivity contribution is 0.579.